The van der Waals surface area contributed by atoms with Crippen LogP contribution in [0.3, 0.4) is 0 Å². The summed E-state index contributed by atoms with van der Waals surface area (Å²) in [6.45, 7) is 4.14. The van der Waals surface area contributed by atoms with Crippen molar-refractivity contribution in [3.8, 4) is 0 Å². The average Bonchev–Trinajstić information content (AvgIpc) is 2.98. The number of hydrogen-bond donors (Lipinski definition) is 2. The van der Waals surface area contributed by atoms with Crippen molar-refractivity contribution in [2.24, 2.45) is 5.41 Å². The summed E-state index contributed by atoms with van der Waals surface area (Å²) in [7, 11) is 0. The lowest BCUT2D eigenvalue weighted by Crippen LogP contribution is -2.48. The van der Waals surface area contributed by atoms with E-state index in [0.717, 1.165) is 45.2 Å². The first-order chi connectivity index (χ1) is 10.2. The van der Waals surface area contributed by atoms with E-state index in [1.807, 2.05) is 11.3 Å². The second-order valence-corrected chi connectivity index (χ2v) is 7.50. The minimum atomic E-state index is -0.131. The summed E-state index contributed by atoms with van der Waals surface area (Å²) < 4.78 is 0. The van der Waals surface area contributed by atoms with E-state index in [9.17, 15) is 4.79 Å². The number of fused-ring (bicyclic) bond motifs is 1. The molecule has 0 aromatic carbocycles. The van der Waals surface area contributed by atoms with Crippen LogP contribution in [0.25, 0.3) is 0 Å². The van der Waals surface area contributed by atoms with E-state index in [-0.39, 0.29) is 11.5 Å². The molecule has 1 saturated heterocycles. The van der Waals surface area contributed by atoms with Gasteiger partial charge in [0.15, 0.2) is 0 Å². The Kier molecular flexibility index (Phi) is 4.65. The minimum absolute atomic E-state index is 0.131. The van der Waals surface area contributed by atoms with Gasteiger partial charge in [0.05, 0.1) is 11.5 Å². The maximum absolute atomic E-state index is 13.0. The summed E-state index contributed by atoms with van der Waals surface area (Å²) in [4.78, 5) is 14.4. The van der Waals surface area contributed by atoms with Gasteiger partial charge in [0.2, 0.25) is 5.91 Å². The van der Waals surface area contributed by atoms with Gasteiger partial charge >= 0.3 is 0 Å². The molecule has 1 atom stereocenters. The summed E-state index contributed by atoms with van der Waals surface area (Å²) in [6, 6.07) is 2.45. The number of aryl methyl sites for hydroxylation is 1. The van der Waals surface area contributed by atoms with Crippen LogP contribution >= 0.6 is 11.3 Å². The third-order valence-electron chi connectivity index (χ3n) is 5.13. The van der Waals surface area contributed by atoms with Crippen molar-refractivity contribution in [2.45, 2.75) is 57.9 Å². The first-order valence-corrected chi connectivity index (χ1v) is 9.21. The van der Waals surface area contributed by atoms with Crippen molar-refractivity contribution in [3.05, 3.63) is 21.9 Å². The second-order valence-electron chi connectivity index (χ2n) is 6.50. The van der Waals surface area contributed by atoms with Crippen molar-refractivity contribution in [2.75, 3.05) is 13.1 Å². The molecular weight excluding hydrogens is 280 g/mol. The Morgan fingerprint density at radius 1 is 1.48 bits per heavy atom. The molecule has 0 saturated carbocycles. The topological polar surface area (TPSA) is 41.1 Å². The summed E-state index contributed by atoms with van der Waals surface area (Å²) in [5.74, 6) is 0.301. The number of carbonyl (C=O) groups is 1. The lowest BCUT2D eigenvalue weighted by Gasteiger charge is -2.38. The maximum atomic E-state index is 13.0. The molecule has 1 aliphatic heterocycles. The predicted octanol–water partition coefficient (Wildman–Crippen LogP) is 3.41. The fraction of sp³-hybridized carbons (Fsp3) is 0.706. The molecule has 1 aliphatic carbocycles. The molecule has 1 aromatic heterocycles. The highest BCUT2D eigenvalue weighted by atomic mass is 32.1. The number of nitrogens with one attached hydrogen (secondary N) is 2. The molecule has 1 aromatic rings. The predicted molar refractivity (Wildman–Crippen MR) is 87.6 cm³/mol. The molecular formula is C17H26N2OS. The molecule has 2 N–H and O–H groups in total. The molecule has 21 heavy (non-hydrogen) atoms. The van der Waals surface area contributed by atoms with E-state index in [1.165, 1.54) is 23.3 Å². The number of piperidine rings is 1. The average molecular weight is 306 g/mol. The van der Waals surface area contributed by atoms with Crippen LogP contribution in [0.4, 0.5) is 0 Å². The first-order valence-electron chi connectivity index (χ1n) is 8.33. The van der Waals surface area contributed by atoms with Crippen molar-refractivity contribution in [3.63, 3.8) is 0 Å². The molecule has 0 spiro atoms. The molecule has 1 unspecified atom stereocenters. The highest BCUT2D eigenvalue weighted by Crippen LogP contribution is 2.38. The van der Waals surface area contributed by atoms with Crippen LogP contribution in [0.5, 0.6) is 0 Å². The Bertz CT molecular complexity index is 485. The summed E-state index contributed by atoms with van der Waals surface area (Å²) >= 11 is 1.84. The van der Waals surface area contributed by atoms with Gasteiger partial charge in [-0.15, -0.1) is 11.3 Å². The minimum Gasteiger partial charge on any atom is -0.349 e. The van der Waals surface area contributed by atoms with Crippen LogP contribution in [-0.4, -0.2) is 19.0 Å². The van der Waals surface area contributed by atoms with Gasteiger partial charge in [-0.2, -0.15) is 0 Å². The Morgan fingerprint density at radius 3 is 3.05 bits per heavy atom. The van der Waals surface area contributed by atoms with Crippen LogP contribution in [0.2, 0.25) is 0 Å². The van der Waals surface area contributed by atoms with Gasteiger partial charge in [0.1, 0.15) is 0 Å². The molecule has 3 rings (SSSR count). The Morgan fingerprint density at radius 2 is 2.29 bits per heavy atom. The van der Waals surface area contributed by atoms with Crippen LogP contribution in [0.1, 0.15) is 61.9 Å². The van der Waals surface area contributed by atoms with Gasteiger partial charge < -0.3 is 10.6 Å². The van der Waals surface area contributed by atoms with Crippen LogP contribution in [0.15, 0.2) is 11.4 Å². The molecule has 1 fully saturated rings. The van der Waals surface area contributed by atoms with Gasteiger partial charge in [-0.25, -0.2) is 0 Å². The SMILES string of the molecule is CCCC1(C(=O)NC2CCCc3sccc32)CCNCC1. The highest BCUT2D eigenvalue weighted by molar-refractivity contribution is 7.10. The standard InChI is InChI=1S/C17H26N2OS/c1-2-7-17(8-10-18-11-9-17)16(20)19-14-4-3-5-15-13(14)6-12-21-15/h6,12,14,18H,2-5,7-11H2,1H3,(H,19,20). The molecule has 116 valence electrons. The van der Waals surface area contributed by atoms with Crippen LogP contribution in [0, 0.1) is 5.41 Å². The molecule has 1 amide bonds. The summed E-state index contributed by atoms with van der Waals surface area (Å²) in [5, 5.41) is 8.95. The van der Waals surface area contributed by atoms with Gasteiger partial charge in [0, 0.05) is 4.88 Å². The second kappa shape index (κ2) is 6.49. The van der Waals surface area contributed by atoms with Crippen LogP contribution in [-0.2, 0) is 11.2 Å². The lowest BCUT2D eigenvalue weighted by molar-refractivity contribution is -0.134. The fourth-order valence-electron chi connectivity index (χ4n) is 3.92. The molecule has 0 bridgehead atoms. The van der Waals surface area contributed by atoms with Crippen LogP contribution < -0.4 is 10.6 Å². The zero-order valence-electron chi connectivity index (χ0n) is 12.9. The zero-order chi connectivity index (χ0) is 14.7. The van der Waals surface area contributed by atoms with Gasteiger partial charge in [0.25, 0.3) is 0 Å². The molecule has 0 radical (unpaired) electrons. The van der Waals surface area contributed by atoms with Gasteiger partial charge in [-0.05, 0) is 68.6 Å². The Balaban J connectivity index is 1.73. The fourth-order valence-corrected chi connectivity index (χ4v) is 4.91. The summed E-state index contributed by atoms with van der Waals surface area (Å²) in [5.41, 5.74) is 1.24. The smallest absolute Gasteiger partial charge is 0.226 e. The number of amides is 1. The van der Waals surface area contributed by atoms with E-state index in [1.54, 1.807) is 0 Å². The molecule has 2 aliphatic rings. The van der Waals surface area contributed by atoms with E-state index in [0.29, 0.717) is 5.91 Å². The molecule has 3 nitrogen and oxygen atoms in total. The van der Waals surface area contributed by atoms with Gasteiger partial charge in [-0.1, -0.05) is 13.3 Å². The van der Waals surface area contributed by atoms with Crippen molar-refractivity contribution < 1.29 is 4.79 Å². The Labute approximate surface area is 131 Å². The lowest BCUT2D eigenvalue weighted by atomic mass is 9.74. The quantitative estimate of drug-likeness (QED) is 0.895. The Hall–Kier alpha value is -0.870. The first kappa shape index (κ1) is 15.0. The number of rotatable bonds is 4. The highest BCUT2D eigenvalue weighted by Gasteiger charge is 2.39. The van der Waals surface area contributed by atoms with E-state index in [4.69, 9.17) is 0 Å². The van der Waals surface area contributed by atoms with Crippen molar-refractivity contribution >= 4 is 17.2 Å². The zero-order valence-corrected chi connectivity index (χ0v) is 13.7. The number of thiophene rings is 1. The molecule has 2 heterocycles. The number of carbonyl (C=O) groups excluding carboxylic acids is 1. The largest absolute Gasteiger partial charge is 0.349 e. The number of hydrogen-bond acceptors (Lipinski definition) is 3. The third-order valence-corrected chi connectivity index (χ3v) is 6.12. The van der Waals surface area contributed by atoms with Crippen molar-refractivity contribution in [1.82, 2.24) is 10.6 Å². The van der Waals surface area contributed by atoms with Crippen molar-refractivity contribution in [1.29, 1.82) is 0 Å². The third kappa shape index (κ3) is 3.02. The van der Waals surface area contributed by atoms with Gasteiger partial charge in [-0.3, -0.25) is 4.79 Å². The molecule has 4 heteroatoms. The van der Waals surface area contributed by atoms with E-state index in [2.05, 4.69) is 29.0 Å². The maximum Gasteiger partial charge on any atom is 0.226 e. The van der Waals surface area contributed by atoms with E-state index < -0.39 is 0 Å². The summed E-state index contributed by atoms with van der Waals surface area (Å²) in [6.07, 6.45) is 7.54. The van der Waals surface area contributed by atoms with E-state index >= 15 is 0 Å². The monoisotopic (exact) mass is 306 g/mol. The normalized spacial score (nSPS) is 24.3.